The topological polar surface area (TPSA) is 52.1 Å². The van der Waals surface area contributed by atoms with Crippen LogP contribution in [0.15, 0.2) is 22.2 Å². The van der Waals surface area contributed by atoms with E-state index in [0.29, 0.717) is 4.88 Å². The number of hydrogen-bond donors (Lipinski definition) is 0. The number of nitrogens with zero attached hydrogens (tertiary/aromatic N) is 2. The predicted molar refractivity (Wildman–Crippen MR) is 86.1 cm³/mol. The second-order valence-corrected chi connectivity index (χ2v) is 7.22. The largest absolute Gasteiger partial charge is 0.455 e. The molecule has 0 aromatic carbocycles. The van der Waals surface area contributed by atoms with Crippen molar-refractivity contribution in [3.05, 3.63) is 43.5 Å². The molecule has 0 unspecified atom stereocenters. The standard InChI is InChI=1S/C14H12N2O2S3/c1-8-12(21-9(2)15-8)14(17)18-5-11-7-20-13(16-11)10-3-4-19-6-10/h3-4,6-7H,5H2,1-2H3. The molecule has 0 atom stereocenters. The first kappa shape index (κ1) is 14.4. The van der Waals surface area contributed by atoms with E-state index < -0.39 is 0 Å². The fourth-order valence-corrected chi connectivity index (χ4v) is 4.15. The van der Waals surface area contributed by atoms with Gasteiger partial charge in [-0.25, -0.2) is 14.8 Å². The molecule has 108 valence electrons. The molecule has 0 aliphatic heterocycles. The van der Waals surface area contributed by atoms with E-state index in [-0.39, 0.29) is 12.6 Å². The Morgan fingerprint density at radius 2 is 2.14 bits per heavy atom. The Bertz CT molecular complexity index is 759. The number of thiazole rings is 2. The molecule has 0 bridgehead atoms. The van der Waals surface area contributed by atoms with Crippen molar-refractivity contribution in [2.45, 2.75) is 20.5 Å². The van der Waals surface area contributed by atoms with Gasteiger partial charge in [0.25, 0.3) is 0 Å². The molecule has 7 heteroatoms. The summed E-state index contributed by atoms with van der Waals surface area (Å²) in [5.74, 6) is -0.330. The van der Waals surface area contributed by atoms with E-state index in [2.05, 4.69) is 15.3 Å². The van der Waals surface area contributed by atoms with Crippen LogP contribution in [0.4, 0.5) is 0 Å². The molecular weight excluding hydrogens is 324 g/mol. The molecule has 0 aliphatic carbocycles. The van der Waals surface area contributed by atoms with Gasteiger partial charge in [-0.3, -0.25) is 0 Å². The van der Waals surface area contributed by atoms with Crippen LogP contribution in [0.25, 0.3) is 10.6 Å². The van der Waals surface area contributed by atoms with E-state index in [1.54, 1.807) is 22.7 Å². The van der Waals surface area contributed by atoms with Gasteiger partial charge in [-0.15, -0.1) is 22.7 Å². The molecule has 3 heterocycles. The second-order valence-electron chi connectivity index (χ2n) is 4.38. The summed E-state index contributed by atoms with van der Waals surface area (Å²) in [6.07, 6.45) is 0. The molecule has 0 N–H and O–H groups in total. The molecule has 4 nitrogen and oxygen atoms in total. The zero-order valence-electron chi connectivity index (χ0n) is 11.5. The number of carbonyl (C=O) groups is 1. The number of hydrogen-bond acceptors (Lipinski definition) is 7. The van der Waals surface area contributed by atoms with E-state index in [1.807, 2.05) is 30.7 Å². The van der Waals surface area contributed by atoms with Crippen molar-refractivity contribution < 1.29 is 9.53 Å². The zero-order valence-corrected chi connectivity index (χ0v) is 13.9. The van der Waals surface area contributed by atoms with Gasteiger partial charge in [-0.2, -0.15) is 11.3 Å². The Balaban J connectivity index is 1.65. The van der Waals surface area contributed by atoms with Gasteiger partial charge in [0.2, 0.25) is 0 Å². The maximum Gasteiger partial charge on any atom is 0.350 e. The number of aromatic nitrogens is 2. The van der Waals surface area contributed by atoms with E-state index in [1.165, 1.54) is 11.3 Å². The third-order valence-corrected chi connectivity index (χ3v) is 5.44. The van der Waals surface area contributed by atoms with Crippen LogP contribution in [0.3, 0.4) is 0 Å². The van der Waals surface area contributed by atoms with Crippen LogP contribution in [0.2, 0.25) is 0 Å². The van der Waals surface area contributed by atoms with Gasteiger partial charge in [-0.1, -0.05) is 0 Å². The minimum Gasteiger partial charge on any atom is -0.455 e. The van der Waals surface area contributed by atoms with Crippen LogP contribution >= 0.6 is 34.0 Å². The summed E-state index contributed by atoms with van der Waals surface area (Å²) in [5, 5.41) is 7.81. The summed E-state index contributed by atoms with van der Waals surface area (Å²) in [7, 11) is 0. The van der Waals surface area contributed by atoms with Gasteiger partial charge >= 0.3 is 5.97 Å². The molecular formula is C14H12N2O2S3. The van der Waals surface area contributed by atoms with Crippen molar-refractivity contribution in [1.82, 2.24) is 9.97 Å². The Kier molecular flexibility index (Phi) is 4.14. The van der Waals surface area contributed by atoms with Crippen molar-refractivity contribution in [1.29, 1.82) is 0 Å². The predicted octanol–water partition coefficient (Wildman–Crippen LogP) is 4.30. The van der Waals surface area contributed by atoms with Crippen molar-refractivity contribution in [2.75, 3.05) is 0 Å². The van der Waals surface area contributed by atoms with E-state index >= 15 is 0 Å². The minimum absolute atomic E-state index is 0.190. The van der Waals surface area contributed by atoms with Crippen molar-refractivity contribution >= 4 is 40.0 Å². The lowest BCUT2D eigenvalue weighted by molar-refractivity contribution is 0.0473. The van der Waals surface area contributed by atoms with E-state index in [9.17, 15) is 4.79 Å². The molecule has 0 amide bonds. The van der Waals surface area contributed by atoms with E-state index in [0.717, 1.165) is 27.0 Å². The lowest BCUT2D eigenvalue weighted by atomic mass is 10.3. The first-order valence-electron chi connectivity index (χ1n) is 6.21. The van der Waals surface area contributed by atoms with Gasteiger partial charge in [0.1, 0.15) is 16.5 Å². The normalized spacial score (nSPS) is 10.8. The zero-order chi connectivity index (χ0) is 14.8. The van der Waals surface area contributed by atoms with Crippen LogP contribution in [0.5, 0.6) is 0 Å². The van der Waals surface area contributed by atoms with E-state index in [4.69, 9.17) is 4.74 Å². The fraction of sp³-hybridized carbons (Fsp3) is 0.214. The maximum atomic E-state index is 12.0. The molecule has 0 radical (unpaired) electrons. The number of thiophene rings is 1. The number of rotatable bonds is 4. The van der Waals surface area contributed by atoms with Crippen molar-refractivity contribution in [3.8, 4) is 10.6 Å². The highest BCUT2D eigenvalue weighted by Crippen LogP contribution is 2.26. The average molecular weight is 336 g/mol. The second kappa shape index (κ2) is 6.05. The van der Waals surface area contributed by atoms with Crippen LogP contribution in [0, 0.1) is 13.8 Å². The van der Waals surface area contributed by atoms with Crippen LogP contribution in [-0.2, 0) is 11.3 Å². The lowest BCUT2D eigenvalue weighted by Gasteiger charge is -2.00. The van der Waals surface area contributed by atoms with Gasteiger partial charge in [0.05, 0.1) is 16.4 Å². The molecule has 3 aromatic heterocycles. The molecule has 0 spiro atoms. The molecule has 3 aromatic rings. The molecule has 21 heavy (non-hydrogen) atoms. The van der Waals surface area contributed by atoms with Crippen LogP contribution in [-0.4, -0.2) is 15.9 Å². The minimum atomic E-state index is -0.330. The third kappa shape index (κ3) is 3.20. The molecule has 0 saturated heterocycles. The summed E-state index contributed by atoms with van der Waals surface area (Å²) >= 11 is 4.55. The monoisotopic (exact) mass is 336 g/mol. The highest BCUT2D eigenvalue weighted by Gasteiger charge is 2.16. The first-order valence-corrected chi connectivity index (χ1v) is 8.85. The Morgan fingerprint density at radius 1 is 1.29 bits per heavy atom. The summed E-state index contributed by atoms with van der Waals surface area (Å²) in [5.41, 5.74) is 2.60. The Hall–Kier alpha value is -1.57. The van der Waals surface area contributed by atoms with Gasteiger partial charge < -0.3 is 4.74 Å². The number of carbonyl (C=O) groups excluding carboxylic acids is 1. The highest BCUT2D eigenvalue weighted by atomic mass is 32.1. The fourth-order valence-electron chi connectivity index (χ4n) is 1.82. The first-order chi connectivity index (χ1) is 10.1. The van der Waals surface area contributed by atoms with Crippen molar-refractivity contribution in [3.63, 3.8) is 0 Å². The molecule has 0 saturated carbocycles. The summed E-state index contributed by atoms with van der Waals surface area (Å²) < 4.78 is 5.32. The van der Waals surface area contributed by atoms with Crippen molar-refractivity contribution in [2.24, 2.45) is 0 Å². The quantitative estimate of drug-likeness (QED) is 0.667. The highest BCUT2D eigenvalue weighted by molar-refractivity contribution is 7.14. The molecule has 0 aliphatic rings. The lowest BCUT2D eigenvalue weighted by Crippen LogP contribution is -2.05. The molecule has 0 fully saturated rings. The van der Waals surface area contributed by atoms with Gasteiger partial charge in [-0.05, 0) is 25.3 Å². The average Bonchev–Trinajstić information content (AvgIpc) is 3.15. The van der Waals surface area contributed by atoms with Crippen LogP contribution in [0.1, 0.15) is 26.1 Å². The summed E-state index contributed by atoms with van der Waals surface area (Å²) in [6.45, 7) is 3.88. The smallest absolute Gasteiger partial charge is 0.350 e. The number of aryl methyl sites for hydroxylation is 2. The maximum absolute atomic E-state index is 12.0. The number of ether oxygens (including phenoxy) is 1. The van der Waals surface area contributed by atoms with Gasteiger partial charge in [0, 0.05) is 16.3 Å². The number of esters is 1. The summed E-state index contributed by atoms with van der Waals surface area (Å²) in [6, 6.07) is 2.03. The third-order valence-electron chi connectivity index (χ3n) is 2.76. The van der Waals surface area contributed by atoms with Gasteiger partial charge in [0.15, 0.2) is 0 Å². The van der Waals surface area contributed by atoms with Crippen LogP contribution < -0.4 is 0 Å². The summed E-state index contributed by atoms with van der Waals surface area (Å²) in [4.78, 5) is 21.3. The molecule has 3 rings (SSSR count). The SMILES string of the molecule is Cc1nc(C)c(C(=O)OCc2csc(-c3ccsc3)n2)s1. The Labute approximate surface area is 134 Å². The Morgan fingerprint density at radius 3 is 2.81 bits per heavy atom.